The first-order valence-corrected chi connectivity index (χ1v) is 8.85. The quantitative estimate of drug-likeness (QED) is 0.904. The smallest absolute Gasteiger partial charge is 0.238 e. The van der Waals surface area contributed by atoms with E-state index in [2.05, 4.69) is 15.3 Å². The summed E-state index contributed by atoms with van der Waals surface area (Å²) in [6, 6.07) is 9.86. The van der Waals surface area contributed by atoms with Gasteiger partial charge in [0, 0.05) is 33.1 Å². The molecule has 1 aromatic carbocycles. The number of anilines is 1. The molecule has 2 heterocycles. The SMILES string of the molecule is CC(=O)N1CCN(CC(=O)Nc2c(C)nn(-c3ccccc3)c2C)CC1. The Bertz CT molecular complexity index is 792. The molecular formula is C19H25N5O2. The van der Waals surface area contributed by atoms with E-state index in [1.165, 1.54) is 0 Å². The molecule has 0 atom stereocenters. The highest BCUT2D eigenvalue weighted by Gasteiger charge is 2.21. The number of carbonyl (C=O) groups is 2. The zero-order valence-electron chi connectivity index (χ0n) is 15.5. The first-order valence-electron chi connectivity index (χ1n) is 8.85. The number of nitrogens with one attached hydrogen (secondary N) is 1. The van der Waals surface area contributed by atoms with Gasteiger partial charge in [-0.2, -0.15) is 5.10 Å². The van der Waals surface area contributed by atoms with Gasteiger partial charge in [-0.3, -0.25) is 14.5 Å². The number of para-hydroxylation sites is 1. The Morgan fingerprint density at radius 2 is 1.73 bits per heavy atom. The Morgan fingerprint density at radius 1 is 1.08 bits per heavy atom. The Hall–Kier alpha value is -2.67. The number of rotatable bonds is 4. The Kier molecular flexibility index (Phi) is 5.37. The van der Waals surface area contributed by atoms with Crippen molar-refractivity contribution in [2.24, 2.45) is 0 Å². The van der Waals surface area contributed by atoms with Gasteiger partial charge in [-0.25, -0.2) is 4.68 Å². The molecule has 7 heteroatoms. The molecule has 7 nitrogen and oxygen atoms in total. The van der Waals surface area contributed by atoms with E-state index in [4.69, 9.17) is 0 Å². The van der Waals surface area contributed by atoms with Crippen LogP contribution in [0.15, 0.2) is 30.3 Å². The minimum absolute atomic E-state index is 0.0555. The van der Waals surface area contributed by atoms with Gasteiger partial charge in [-0.1, -0.05) is 18.2 Å². The number of piperazine rings is 1. The monoisotopic (exact) mass is 355 g/mol. The van der Waals surface area contributed by atoms with E-state index < -0.39 is 0 Å². The topological polar surface area (TPSA) is 70.5 Å². The highest BCUT2D eigenvalue weighted by Crippen LogP contribution is 2.22. The van der Waals surface area contributed by atoms with Crippen LogP contribution in [-0.4, -0.2) is 64.1 Å². The van der Waals surface area contributed by atoms with E-state index >= 15 is 0 Å². The molecule has 0 radical (unpaired) electrons. The summed E-state index contributed by atoms with van der Waals surface area (Å²) in [5.41, 5.74) is 3.43. The fourth-order valence-electron chi connectivity index (χ4n) is 3.25. The van der Waals surface area contributed by atoms with E-state index in [-0.39, 0.29) is 11.8 Å². The minimum Gasteiger partial charge on any atom is -0.340 e. The molecule has 0 unspecified atom stereocenters. The highest BCUT2D eigenvalue weighted by atomic mass is 16.2. The van der Waals surface area contributed by atoms with Gasteiger partial charge in [-0.05, 0) is 26.0 Å². The highest BCUT2D eigenvalue weighted by molar-refractivity contribution is 5.93. The molecule has 3 rings (SSSR count). The Labute approximate surface area is 153 Å². The summed E-state index contributed by atoms with van der Waals surface area (Å²) in [5.74, 6) is 0.0359. The van der Waals surface area contributed by atoms with Crippen LogP contribution in [0.5, 0.6) is 0 Å². The van der Waals surface area contributed by atoms with E-state index in [9.17, 15) is 9.59 Å². The molecule has 0 spiro atoms. The molecule has 1 fully saturated rings. The van der Waals surface area contributed by atoms with Crippen LogP contribution in [0.25, 0.3) is 5.69 Å². The van der Waals surface area contributed by atoms with Gasteiger partial charge in [0.05, 0.1) is 29.3 Å². The lowest BCUT2D eigenvalue weighted by Gasteiger charge is -2.33. The normalized spacial score (nSPS) is 15.1. The molecule has 1 aliphatic rings. The fourth-order valence-corrected chi connectivity index (χ4v) is 3.25. The van der Waals surface area contributed by atoms with Crippen molar-refractivity contribution in [3.63, 3.8) is 0 Å². The van der Waals surface area contributed by atoms with Crippen LogP contribution in [0, 0.1) is 13.8 Å². The van der Waals surface area contributed by atoms with Crippen molar-refractivity contribution in [3.8, 4) is 5.69 Å². The first kappa shape index (κ1) is 18.1. The van der Waals surface area contributed by atoms with Crippen molar-refractivity contribution in [1.29, 1.82) is 0 Å². The fraction of sp³-hybridized carbons (Fsp3) is 0.421. The second kappa shape index (κ2) is 7.70. The molecule has 0 aliphatic carbocycles. The largest absolute Gasteiger partial charge is 0.340 e. The van der Waals surface area contributed by atoms with Crippen LogP contribution in [0.4, 0.5) is 5.69 Å². The van der Waals surface area contributed by atoms with Gasteiger partial charge >= 0.3 is 0 Å². The zero-order chi connectivity index (χ0) is 18.7. The molecule has 26 heavy (non-hydrogen) atoms. The number of hydrogen-bond donors (Lipinski definition) is 1. The minimum atomic E-state index is -0.0555. The number of aryl methyl sites for hydroxylation is 1. The number of aromatic nitrogens is 2. The van der Waals surface area contributed by atoms with Gasteiger partial charge in [0.25, 0.3) is 0 Å². The summed E-state index contributed by atoms with van der Waals surface area (Å²) in [6.45, 7) is 8.53. The van der Waals surface area contributed by atoms with Crippen molar-refractivity contribution in [1.82, 2.24) is 19.6 Å². The molecule has 0 saturated carbocycles. The van der Waals surface area contributed by atoms with Crippen LogP contribution in [0.1, 0.15) is 18.3 Å². The summed E-state index contributed by atoms with van der Waals surface area (Å²) in [7, 11) is 0. The number of nitrogens with zero attached hydrogens (tertiary/aromatic N) is 4. The number of benzene rings is 1. The van der Waals surface area contributed by atoms with Crippen molar-refractivity contribution < 1.29 is 9.59 Å². The second-order valence-corrected chi connectivity index (χ2v) is 6.62. The van der Waals surface area contributed by atoms with Gasteiger partial charge in [0.2, 0.25) is 11.8 Å². The standard InChI is InChI=1S/C19H25N5O2/c1-14-19(15(2)24(21-14)17-7-5-4-6-8-17)20-18(26)13-22-9-11-23(12-10-22)16(3)25/h4-8H,9-13H2,1-3H3,(H,20,26). The first-order chi connectivity index (χ1) is 12.5. The summed E-state index contributed by atoms with van der Waals surface area (Å²) in [6.07, 6.45) is 0. The predicted octanol–water partition coefficient (Wildman–Crippen LogP) is 1.59. The van der Waals surface area contributed by atoms with Crippen molar-refractivity contribution in [2.45, 2.75) is 20.8 Å². The summed E-state index contributed by atoms with van der Waals surface area (Å²) in [4.78, 5) is 27.7. The van der Waals surface area contributed by atoms with Gasteiger partial charge < -0.3 is 10.2 Å². The van der Waals surface area contributed by atoms with E-state index in [1.54, 1.807) is 6.92 Å². The average Bonchev–Trinajstić information content (AvgIpc) is 2.91. The van der Waals surface area contributed by atoms with E-state index in [1.807, 2.05) is 53.8 Å². The average molecular weight is 355 g/mol. The van der Waals surface area contributed by atoms with Crippen molar-refractivity contribution >= 4 is 17.5 Å². The van der Waals surface area contributed by atoms with E-state index in [0.29, 0.717) is 32.7 Å². The summed E-state index contributed by atoms with van der Waals surface area (Å²) < 4.78 is 1.84. The molecular weight excluding hydrogens is 330 g/mol. The lowest BCUT2D eigenvalue weighted by atomic mass is 10.2. The number of carbonyl (C=O) groups excluding carboxylic acids is 2. The zero-order valence-corrected chi connectivity index (χ0v) is 15.5. The van der Waals surface area contributed by atoms with Gasteiger partial charge in [0.1, 0.15) is 0 Å². The van der Waals surface area contributed by atoms with E-state index in [0.717, 1.165) is 22.8 Å². The third-order valence-corrected chi connectivity index (χ3v) is 4.74. The maximum absolute atomic E-state index is 12.5. The number of hydrogen-bond acceptors (Lipinski definition) is 4. The molecule has 2 amide bonds. The molecule has 1 aliphatic heterocycles. The summed E-state index contributed by atoms with van der Waals surface area (Å²) >= 11 is 0. The van der Waals surface area contributed by atoms with Gasteiger partial charge in [0.15, 0.2) is 0 Å². The molecule has 1 N–H and O–H groups in total. The number of amides is 2. The molecule has 2 aromatic rings. The maximum Gasteiger partial charge on any atom is 0.238 e. The summed E-state index contributed by atoms with van der Waals surface area (Å²) in [5, 5.41) is 7.56. The predicted molar refractivity (Wildman–Crippen MR) is 100 cm³/mol. The van der Waals surface area contributed by atoms with Crippen LogP contribution >= 0.6 is 0 Å². The third-order valence-electron chi connectivity index (χ3n) is 4.74. The lowest BCUT2D eigenvalue weighted by Crippen LogP contribution is -2.49. The van der Waals surface area contributed by atoms with Crippen molar-refractivity contribution in [2.75, 3.05) is 38.0 Å². The lowest BCUT2D eigenvalue weighted by molar-refractivity contribution is -0.130. The Balaban J connectivity index is 1.63. The third kappa shape index (κ3) is 3.94. The van der Waals surface area contributed by atoms with Gasteiger partial charge in [-0.15, -0.1) is 0 Å². The van der Waals surface area contributed by atoms with Crippen molar-refractivity contribution in [3.05, 3.63) is 41.7 Å². The van der Waals surface area contributed by atoms with Crippen LogP contribution in [-0.2, 0) is 9.59 Å². The van der Waals surface area contributed by atoms with Crippen LogP contribution in [0.2, 0.25) is 0 Å². The van der Waals surface area contributed by atoms with Crippen LogP contribution in [0.3, 0.4) is 0 Å². The Morgan fingerprint density at radius 3 is 2.35 bits per heavy atom. The molecule has 0 bridgehead atoms. The molecule has 1 saturated heterocycles. The molecule has 1 aromatic heterocycles. The maximum atomic E-state index is 12.5. The van der Waals surface area contributed by atoms with Crippen LogP contribution < -0.4 is 5.32 Å². The molecule has 138 valence electrons. The second-order valence-electron chi connectivity index (χ2n) is 6.62.